The van der Waals surface area contributed by atoms with Gasteiger partial charge in [0.25, 0.3) is 14.4 Å². The lowest BCUT2D eigenvalue weighted by Gasteiger charge is -2.40. The van der Waals surface area contributed by atoms with Crippen molar-refractivity contribution in [2.45, 2.75) is 109 Å². The van der Waals surface area contributed by atoms with Crippen LogP contribution in [-0.2, 0) is 38.4 Å². The quantitative estimate of drug-likeness (QED) is 0.0766. The highest BCUT2D eigenvalue weighted by molar-refractivity contribution is 7.44. The summed E-state index contributed by atoms with van der Waals surface area (Å²) in [5, 5.41) is 18.5. The molecule has 3 heterocycles. The molecule has 3 N–H and O–H groups in total. The first-order chi connectivity index (χ1) is 29.9. The molecule has 3 aromatic carbocycles. The van der Waals surface area contributed by atoms with E-state index in [1.807, 2.05) is 78.9 Å². The first kappa shape index (κ1) is 46.8. The van der Waals surface area contributed by atoms with Crippen molar-refractivity contribution in [3.63, 3.8) is 0 Å². The molecule has 16 nitrogen and oxygen atoms in total. The molecule has 0 radical (unpaired) electrons. The number of fused-ring (bicyclic) bond motifs is 1. The smallest absolute Gasteiger partial charge is 0.259 e. The zero-order valence-corrected chi connectivity index (χ0v) is 37.8. The molecule has 3 aliphatic rings. The zero-order valence-electron chi connectivity index (χ0n) is 36.9. The maximum absolute atomic E-state index is 13.4. The molecule has 62 heavy (non-hydrogen) atoms. The third kappa shape index (κ3) is 10.1. The van der Waals surface area contributed by atoms with Gasteiger partial charge in [0.1, 0.15) is 41.6 Å². The summed E-state index contributed by atoms with van der Waals surface area (Å²) < 4.78 is 47.6. The highest BCUT2D eigenvalue weighted by Crippen LogP contribution is 2.51. The third-order valence-electron chi connectivity index (χ3n) is 11.0. The molecule has 17 heteroatoms. The SMILES string of the molecule is COc1ccc(C(OCC2OC(N3C=NC4C(=O)NC(NC(=O)C(C)C)NC43)C(OC)C2OP(OCCC#N)N(C(C)C)C(C)C)(c2ccccc2)c2ccc(OC)cc2)cc1. The largest absolute Gasteiger partial charge is 0.497 e. The molecule has 8 atom stereocenters. The Morgan fingerprint density at radius 1 is 0.919 bits per heavy atom. The number of carbonyl (C=O) groups excluding carboxylic acids is 2. The second-order valence-electron chi connectivity index (χ2n) is 16.1. The van der Waals surface area contributed by atoms with E-state index in [0.717, 1.165) is 16.7 Å². The van der Waals surface area contributed by atoms with Crippen LogP contribution in [0.2, 0.25) is 0 Å². The van der Waals surface area contributed by atoms with Crippen LogP contribution in [0.3, 0.4) is 0 Å². The van der Waals surface area contributed by atoms with Gasteiger partial charge >= 0.3 is 0 Å². The van der Waals surface area contributed by atoms with Crippen molar-refractivity contribution < 1.29 is 42.3 Å². The summed E-state index contributed by atoms with van der Waals surface area (Å²) in [5.74, 6) is 0.485. The first-order valence-electron chi connectivity index (χ1n) is 21.0. The number of methoxy groups -OCH3 is 3. The van der Waals surface area contributed by atoms with Crippen molar-refractivity contribution in [1.82, 2.24) is 25.5 Å². The Balaban J connectivity index is 1.43. The Bertz CT molecular complexity index is 1950. The average molecular weight is 874 g/mol. The molecule has 0 saturated carbocycles. The topological polar surface area (TPSA) is 177 Å². The van der Waals surface area contributed by atoms with Gasteiger partial charge in [0.2, 0.25) is 5.91 Å². The van der Waals surface area contributed by atoms with Crippen LogP contribution in [0.15, 0.2) is 83.9 Å². The monoisotopic (exact) mass is 873 g/mol. The Morgan fingerprint density at radius 2 is 1.52 bits per heavy atom. The van der Waals surface area contributed by atoms with Crippen LogP contribution in [0, 0.1) is 17.2 Å². The fourth-order valence-electron chi connectivity index (χ4n) is 8.04. The lowest BCUT2D eigenvalue weighted by Crippen LogP contribution is -2.72. The molecule has 2 amide bonds. The van der Waals surface area contributed by atoms with Crippen molar-refractivity contribution in [2.24, 2.45) is 10.9 Å². The summed E-state index contributed by atoms with van der Waals surface area (Å²) >= 11 is 0. The van der Waals surface area contributed by atoms with Crippen LogP contribution in [0.25, 0.3) is 0 Å². The number of nitrogens with zero attached hydrogens (tertiary/aromatic N) is 4. The van der Waals surface area contributed by atoms with Crippen molar-refractivity contribution in [1.29, 1.82) is 5.26 Å². The Hall–Kier alpha value is -4.69. The molecule has 0 bridgehead atoms. The van der Waals surface area contributed by atoms with E-state index >= 15 is 0 Å². The minimum Gasteiger partial charge on any atom is -0.497 e. The zero-order chi connectivity index (χ0) is 44.6. The van der Waals surface area contributed by atoms with E-state index < -0.39 is 57.2 Å². The summed E-state index contributed by atoms with van der Waals surface area (Å²) in [6, 6.07) is 26.9. The van der Waals surface area contributed by atoms with Gasteiger partial charge in [-0.2, -0.15) is 5.26 Å². The minimum absolute atomic E-state index is 0.0151. The second kappa shape index (κ2) is 21.1. The van der Waals surface area contributed by atoms with E-state index in [2.05, 4.69) is 59.4 Å². The fourth-order valence-corrected chi connectivity index (χ4v) is 9.81. The molecule has 0 aliphatic carbocycles. The normalized spacial score (nSPS) is 24.0. The molecule has 2 saturated heterocycles. The summed E-state index contributed by atoms with van der Waals surface area (Å²) in [6.07, 6.45) is -3.04. The minimum atomic E-state index is -1.78. The molecule has 2 fully saturated rings. The molecule has 3 aromatic rings. The number of amides is 2. The number of carbonyl (C=O) groups is 2. The number of hydrogen-bond donors (Lipinski definition) is 3. The number of nitrogens with one attached hydrogen (secondary N) is 3. The Kier molecular flexibility index (Phi) is 15.9. The van der Waals surface area contributed by atoms with Gasteiger partial charge in [-0.15, -0.1) is 0 Å². The summed E-state index contributed by atoms with van der Waals surface area (Å²) in [5.41, 5.74) is 1.34. The number of ether oxygens (including phenoxy) is 5. The Morgan fingerprint density at radius 3 is 2.05 bits per heavy atom. The van der Waals surface area contributed by atoms with Crippen LogP contribution in [0.5, 0.6) is 11.5 Å². The molecule has 8 unspecified atom stereocenters. The van der Waals surface area contributed by atoms with E-state index in [-0.39, 0.29) is 49.5 Å². The maximum Gasteiger partial charge on any atom is 0.259 e. The van der Waals surface area contributed by atoms with Crippen molar-refractivity contribution >= 4 is 26.7 Å². The number of aliphatic imine (C=N–C) groups is 1. The lowest BCUT2D eigenvalue weighted by atomic mass is 9.80. The van der Waals surface area contributed by atoms with E-state index in [9.17, 15) is 14.9 Å². The van der Waals surface area contributed by atoms with Crippen LogP contribution in [0.4, 0.5) is 0 Å². The third-order valence-corrected chi connectivity index (χ3v) is 13.2. The molecular formula is C45H60N7O9P. The Labute approximate surface area is 366 Å². The van der Waals surface area contributed by atoms with Crippen molar-refractivity contribution in [3.05, 3.63) is 95.6 Å². The number of hydrogen-bond acceptors (Lipinski definition) is 14. The van der Waals surface area contributed by atoms with Crippen LogP contribution in [-0.4, -0.2) is 117 Å². The molecule has 334 valence electrons. The van der Waals surface area contributed by atoms with E-state index in [0.29, 0.717) is 11.5 Å². The van der Waals surface area contributed by atoms with Gasteiger partial charge < -0.3 is 48.3 Å². The highest BCUT2D eigenvalue weighted by atomic mass is 31.2. The summed E-state index contributed by atoms with van der Waals surface area (Å²) in [4.78, 5) is 32.6. The van der Waals surface area contributed by atoms with E-state index in [4.69, 9.17) is 32.7 Å². The van der Waals surface area contributed by atoms with Gasteiger partial charge in [0.15, 0.2) is 18.6 Å². The molecule has 0 spiro atoms. The second-order valence-corrected chi connectivity index (χ2v) is 17.5. The first-order valence-corrected chi connectivity index (χ1v) is 22.1. The number of rotatable bonds is 20. The fraction of sp³-hybridized carbons (Fsp3) is 0.511. The number of nitriles is 1. The van der Waals surface area contributed by atoms with Gasteiger partial charge in [-0.1, -0.05) is 68.4 Å². The standard InChI is InChI=1S/C45H60N7O9P/c1-28(2)41(53)49-44-48-40-37(42(54)50-44)47-27-51(40)43-39(57-9)38(61-62(59-25-13-24-46)52(29(3)4)30(5)6)36(60-43)26-58-45(31-14-11-10-12-15-31,32-16-20-34(55-7)21-17-32)33-18-22-35(56-8)23-19-33/h10-12,14-23,27-30,36-40,43-44,48H,13,25-26H2,1-9H3,(H,49,53)(H,50,54). The van der Waals surface area contributed by atoms with Gasteiger partial charge in [0, 0.05) is 25.1 Å². The number of benzene rings is 3. The summed E-state index contributed by atoms with van der Waals surface area (Å²) in [7, 11) is 3.06. The van der Waals surface area contributed by atoms with Crippen molar-refractivity contribution in [3.8, 4) is 17.6 Å². The lowest BCUT2D eigenvalue weighted by molar-refractivity contribution is -0.136. The average Bonchev–Trinajstić information content (AvgIpc) is 3.85. The van der Waals surface area contributed by atoms with Gasteiger partial charge in [-0.05, 0) is 68.7 Å². The molecule has 3 aliphatic heterocycles. The van der Waals surface area contributed by atoms with Crippen molar-refractivity contribution in [2.75, 3.05) is 34.5 Å². The highest BCUT2D eigenvalue weighted by Gasteiger charge is 2.55. The van der Waals surface area contributed by atoms with Crippen LogP contribution >= 0.6 is 8.53 Å². The summed E-state index contributed by atoms with van der Waals surface area (Å²) in [6.45, 7) is 12.0. The van der Waals surface area contributed by atoms with E-state index in [1.54, 1.807) is 46.4 Å². The predicted octanol–water partition coefficient (Wildman–Crippen LogP) is 5.23. The van der Waals surface area contributed by atoms with Crippen LogP contribution < -0.4 is 25.4 Å². The van der Waals surface area contributed by atoms with Gasteiger partial charge in [-0.3, -0.25) is 19.9 Å². The van der Waals surface area contributed by atoms with Crippen LogP contribution in [0.1, 0.15) is 64.7 Å². The van der Waals surface area contributed by atoms with E-state index in [1.165, 1.54) is 0 Å². The predicted molar refractivity (Wildman–Crippen MR) is 234 cm³/mol. The molecular weight excluding hydrogens is 814 g/mol. The van der Waals surface area contributed by atoms with Gasteiger partial charge in [-0.25, -0.2) is 4.67 Å². The van der Waals surface area contributed by atoms with Gasteiger partial charge in [0.05, 0.1) is 46.3 Å². The molecule has 6 rings (SSSR count). The molecule has 0 aromatic heterocycles. The maximum atomic E-state index is 13.4.